The average molecular weight is 671 g/mol. The fourth-order valence-electron chi connectivity index (χ4n) is 4.38. The molecule has 0 radical (unpaired) electrons. The highest BCUT2D eigenvalue weighted by Gasteiger charge is 2.31. The zero-order valence-corrected chi connectivity index (χ0v) is 25.3. The van der Waals surface area contributed by atoms with Gasteiger partial charge in [0.2, 0.25) is 11.4 Å². The average Bonchev–Trinajstić information content (AvgIpc) is 3.47. The van der Waals surface area contributed by atoms with E-state index in [-0.39, 0.29) is 19.5 Å². The van der Waals surface area contributed by atoms with E-state index in [2.05, 4.69) is 15.9 Å². The minimum Gasteiger partial charge on any atom is -0.748 e. The summed E-state index contributed by atoms with van der Waals surface area (Å²) in [5.74, 6) is -0.245. The highest BCUT2D eigenvalue weighted by atomic mass is 79.9. The number of hydrogen-bond donors (Lipinski definition) is 0. The number of hydrogen-bond acceptors (Lipinski definition) is 10. The van der Waals surface area contributed by atoms with Crippen LogP contribution in [0.25, 0.3) is 26.7 Å². The van der Waals surface area contributed by atoms with E-state index in [9.17, 15) is 25.9 Å². The van der Waals surface area contributed by atoms with E-state index in [0.717, 1.165) is 35.0 Å². The summed E-state index contributed by atoms with van der Waals surface area (Å²) in [7, 11) is -8.86. The molecular formula is C25H22BrN2O7S4-. The van der Waals surface area contributed by atoms with E-state index in [1.807, 2.05) is 54.0 Å². The molecule has 1 aliphatic rings. The molecule has 3 heterocycles. The van der Waals surface area contributed by atoms with Crippen LogP contribution in [0.4, 0.5) is 5.69 Å². The number of halogens is 1. The van der Waals surface area contributed by atoms with Crippen LogP contribution < -0.4 is 14.2 Å². The van der Waals surface area contributed by atoms with E-state index in [1.54, 1.807) is 28.4 Å². The molecule has 1 aliphatic heterocycles. The molecule has 5 rings (SSSR count). The van der Waals surface area contributed by atoms with Crippen molar-refractivity contribution in [2.75, 3.05) is 23.0 Å². The predicted molar refractivity (Wildman–Crippen MR) is 154 cm³/mol. The van der Waals surface area contributed by atoms with Crippen molar-refractivity contribution in [1.29, 1.82) is 0 Å². The number of thiophene rings is 1. The van der Waals surface area contributed by atoms with Crippen LogP contribution in [0.15, 0.2) is 58.2 Å². The first-order valence-electron chi connectivity index (χ1n) is 11.7. The fraction of sp³-hybridized carbons (Fsp3) is 0.240. The molecule has 0 atom stereocenters. The molecule has 4 aromatic rings. The number of rotatable bonds is 9. The topological polar surface area (TPSA) is 131 Å². The Labute approximate surface area is 242 Å². The Hall–Kier alpha value is -2.33. The summed E-state index contributed by atoms with van der Waals surface area (Å²) in [4.78, 5) is 1.67. The third-order valence-corrected chi connectivity index (χ3v) is 11.0. The van der Waals surface area contributed by atoms with Crippen LogP contribution in [-0.4, -0.2) is 44.0 Å². The molecule has 9 nitrogen and oxygen atoms in total. The minimum atomic E-state index is -4.50. The van der Waals surface area contributed by atoms with Crippen LogP contribution in [0.2, 0.25) is 0 Å². The Bertz CT molecular complexity index is 1800. The molecule has 2 aromatic carbocycles. The number of nitrogens with zero attached hydrogens (tertiary/aromatic N) is 2. The van der Waals surface area contributed by atoms with Crippen molar-refractivity contribution in [2.24, 2.45) is 0 Å². The molecule has 14 heteroatoms. The summed E-state index contributed by atoms with van der Waals surface area (Å²) in [5.41, 5.74) is 4.41. The molecule has 0 N–H and O–H groups in total. The number of aromatic nitrogens is 1. The molecule has 0 unspecified atom stereocenters. The number of ether oxygens (including phenoxy) is 1. The van der Waals surface area contributed by atoms with Crippen molar-refractivity contribution in [1.82, 2.24) is 0 Å². The van der Waals surface area contributed by atoms with Gasteiger partial charge in [-0.2, -0.15) is 4.57 Å². The number of aryl methyl sites for hydroxylation is 2. The second-order valence-corrected chi connectivity index (χ2v) is 15.6. The number of anilines is 1. The van der Waals surface area contributed by atoms with Gasteiger partial charge in [-0.3, -0.25) is 0 Å². The molecule has 0 aliphatic carbocycles. The quantitative estimate of drug-likeness (QED) is 0.186. The summed E-state index contributed by atoms with van der Waals surface area (Å²) in [6, 6.07) is 15.3. The molecule has 0 saturated carbocycles. The zero-order chi connectivity index (χ0) is 27.9. The lowest BCUT2D eigenvalue weighted by Crippen LogP contribution is -2.37. The van der Waals surface area contributed by atoms with E-state index >= 15 is 0 Å². The van der Waals surface area contributed by atoms with Gasteiger partial charge in [-0.15, -0.1) is 11.3 Å². The van der Waals surface area contributed by atoms with Gasteiger partial charge in [0.05, 0.1) is 41.5 Å². The standard InChI is InChI=1S/C25H23BrN2O7S4/c1-16-23-25(37-24(16)26)36-22(28(23)10-5-12-38(29,30)31)15-21-27(11-13-39(32,33)34)19-14-18(8-9-20(19)35-21)17-6-3-2-4-7-17/h2-4,6-9,14-15H,5,10-13H2,1H3,(H-,29,30,31,32,33,34)/p-1. The van der Waals surface area contributed by atoms with E-state index in [0.29, 0.717) is 17.3 Å². The highest BCUT2D eigenvalue weighted by molar-refractivity contribution is 9.11. The maximum absolute atomic E-state index is 11.5. The molecule has 0 saturated heterocycles. The maximum Gasteiger partial charge on any atom is 0.268 e. The Morgan fingerprint density at radius 1 is 1.00 bits per heavy atom. The molecule has 39 heavy (non-hydrogen) atoms. The van der Waals surface area contributed by atoms with Gasteiger partial charge < -0.3 is 18.7 Å². The van der Waals surface area contributed by atoms with Crippen LogP contribution in [0.1, 0.15) is 17.0 Å². The van der Waals surface area contributed by atoms with Crippen LogP contribution in [0.5, 0.6) is 5.75 Å². The lowest BCUT2D eigenvalue weighted by Gasteiger charge is -2.19. The van der Waals surface area contributed by atoms with Gasteiger partial charge in [-0.05, 0) is 46.1 Å². The normalized spacial score (nSPS) is 14.8. The van der Waals surface area contributed by atoms with Gasteiger partial charge in [-0.1, -0.05) is 47.7 Å². The molecule has 206 valence electrons. The number of fused-ring (bicyclic) bond motifs is 2. The first-order chi connectivity index (χ1) is 18.4. The molecule has 0 amide bonds. The van der Waals surface area contributed by atoms with Gasteiger partial charge in [0.1, 0.15) is 0 Å². The van der Waals surface area contributed by atoms with Gasteiger partial charge in [0.15, 0.2) is 16.3 Å². The second-order valence-electron chi connectivity index (χ2n) is 8.89. The predicted octanol–water partition coefficient (Wildman–Crippen LogP) is 4.67. The molecule has 0 fully saturated rings. The summed E-state index contributed by atoms with van der Waals surface area (Å²) in [6.07, 6.45) is 1.89. The van der Waals surface area contributed by atoms with Crippen molar-refractivity contribution >= 4 is 80.1 Å². The van der Waals surface area contributed by atoms with Crippen molar-refractivity contribution in [3.05, 3.63) is 68.8 Å². The number of benzene rings is 2. The van der Waals surface area contributed by atoms with Crippen molar-refractivity contribution in [2.45, 2.75) is 19.9 Å². The zero-order valence-electron chi connectivity index (χ0n) is 20.5. The molecule has 0 spiro atoms. The van der Waals surface area contributed by atoms with Crippen LogP contribution in [0.3, 0.4) is 0 Å². The van der Waals surface area contributed by atoms with Gasteiger partial charge in [-0.25, -0.2) is 16.8 Å². The first kappa shape index (κ1) is 28.2. The largest absolute Gasteiger partial charge is 0.748 e. The lowest BCUT2D eigenvalue weighted by atomic mass is 10.0. The Kier molecular flexibility index (Phi) is 7.90. The van der Waals surface area contributed by atoms with Crippen molar-refractivity contribution < 1.29 is 35.2 Å². The summed E-state index contributed by atoms with van der Waals surface area (Å²) < 4.78 is 78.3. The second kappa shape index (κ2) is 10.9. The first-order valence-corrected chi connectivity index (χ1v) is 17.3. The molecule has 2 aromatic heterocycles. The lowest BCUT2D eigenvalue weighted by molar-refractivity contribution is -0.668. The molecular weight excluding hydrogens is 648 g/mol. The summed E-state index contributed by atoms with van der Waals surface area (Å²) >= 11 is 6.57. The fourth-order valence-corrected chi connectivity index (χ4v) is 8.71. The van der Waals surface area contributed by atoms with E-state index in [4.69, 9.17) is 4.74 Å². The summed E-state index contributed by atoms with van der Waals surface area (Å²) in [5, 5.41) is 0.733. The van der Waals surface area contributed by atoms with Crippen LogP contribution >= 0.6 is 38.6 Å². The Balaban J connectivity index is 1.57. The van der Waals surface area contributed by atoms with Gasteiger partial charge in [0, 0.05) is 24.3 Å². The van der Waals surface area contributed by atoms with E-state index in [1.165, 1.54) is 11.3 Å². The third kappa shape index (κ3) is 6.37. The van der Waals surface area contributed by atoms with Gasteiger partial charge >= 0.3 is 0 Å². The molecule has 0 bridgehead atoms. The Morgan fingerprint density at radius 3 is 2.41 bits per heavy atom. The van der Waals surface area contributed by atoms with Crippen LogP contribution in [0, 0.1) is 6.92 Å². The highest BCUT2D eigenvalue weighted by Crippen LogP contribution is 2.43. The SMILES string of the molecule is Cc1c(Br)sc2sc(C=C3Oc4ccc(-c5ccccc5)cc4N3CCS(=O)(=O)[O-])[n+](CCCS(=O)(=O)[O-])c12. The monoisotopic (exact) mass is 669 g/mol. The van der Waals surface area contributed by atoms with Crippen molar-refractivity contribution in [3.8, 4) is 16.9 Å². The maximum atomic E-state index is 11.5. The van der Waals surface area contributed by atoms with Gasteiger partial charge in [0.25, 0.3) is 5.01 Å². The van der Waals surface area contributed by atoms with Crippen molar-refractivity contribution in [3.63, 3.8) is 0 Å². The smallest absolute Gasteiger partial charge is 0.268 e. The third-order valence-electron chi connectivity index (χ3n) is 6.18. The minimum absolute atomic E-state index is 0.109. The van der Waals surface area contributed by atoms with Crippen LogP contribution in [-0.2, 0) is 26.8 Å². The Morgan fingerprint density at radius 2 is 1.72 bits per heavy atom. The summed E-state index contributed by atoms with van der Waals surface area (Å²) in [6.45, 7) is 2.12. The van der Waals surface area contributed by atoms with E-state index < -0.39 is 31.7 Å². The number of thiazole rings is 1.